The van der Waals surface area contributed by atoms with Crippen LogP contribution >= 0.6 is 0 Å². The Morgan fingerprint density at radius 1 is 0.955 bits per heavy atom. The van der Waals surface area contributed by atoms with Crippen LogP contribution in [-0.2, 0) is 21.5 Å². The summed E-state index contributed by atoms with van der Waals surface area (Å²) in [6.07, 6.45) is 0. The highest BCUT2D eigenvalue weighted by Gasteiger charge is 2.33. The fraction of sp³-hybridized carbons (Fsp3) is 0.290. The van der Waals surface area contributed by atoms with E-state index in [1.54, 1.807) is 13.8 Å². The molecule has 44 heavy (non-hydrogen) atoms. The first kappa shape index (κ1) is 32.2. The molecule has 1 aliphatic rings. The molecule has 1 heterocycles. The molecule has 3 aromatic carbocycles. The minimum absolute atomic E-state index is 0.0767. The third kappa shape index (κ3) is 8.19. The Morgan fingerprint density at radius 2 is 1.57 bits per heavy atom. The Morgan fingerprint density at radius 3 is 2.16 bits per heavy atom. The van der Waals surface area contributed by atoms with Gasteiger partial charge in [-0.15, -0.1) is 0 Å². The minimum atomic E-state index is -3.96. The Labute approximate surface area is 256 Å². The van der Waals surface area contributed by atoms with Crippen molar-refractivity contribution in [2.24, 2.45) is 5.92 Å². The summed E-state index contributed by atoms with van der Waals surface area (Å²) in [6.45, 7) is 4.74. The number of amides is 1. The zero-order valence-corrected chi connectivity index (χ0v) is 25.1. The Kier molecular flexibility index (Phi) is 10.3. The molecule has 1 atom stereocenters. The van der Waals surface area contributed by atoms with Crippen LogP contribution in [0.2, 0.25) is 0 Å². The van der Waals surface area contributed by atoms with Gasteiger partial charge < -0.3 is 15.3 Å². The van der Waals surface area contributed by atoms with Gasteiger partial charge in [-0.25, -0.2) is 0 Å². The van der Waals surface area contributed by atoms with Crippen LogP contribution in [0.5, 0.6) is 0 Å². The van der Waals surface area contributed by atoms with Gasteiger partial charge in [0, 0.05) is 55.6 Å². The number of nitro groups is 1. The van der Waals surface area contributed by atoms with Crippen LogP contribution in [0.15, 0.2) is 72.8 Å². The number of hydrogen-bond donors (Lipinski definition) is 3. The summed E-state index contributed by atoms with van der Waals surface area (Å²) in [5.41, 5.74) is 2.48. The van der Waals surface area contributed by atoms with Crippen LogP contribution in [-0.4, -0.2) is 66.9 Å². The van der Waals surface area contributed by atoms with Crippen LogP contribution in [0.25, 0.3) is 0 Å². The standard InChI is InChI=1S/C31H33N5O7S/c1-22(2)29(31(38)39)33-44(42,43)35-18-16-34(17-19-35)26-13-10-23(11-14-26)8-9-24-12-15-28(36(40)41)27(20-24)30(37)32-21-25-6-4-3-5-7-25/h3-7,10-15,20,22,29,33H,16-19,21H2,1-2H3,(H,32,37)(H,38,39)/t29-/m1/s1. The fourth-order valence-corrected chi connectivity index (χ4v) is 6.11. The predicted molar refractivity (Wildman–Crippen MR) is 165 cm³/mol. The lowest BCUT2D eigenvalue weighted by Crippen LogP contribution is -2.55. The van der Waals surface area contributed by atoms with Crippen molar-refractivity contribution in [2.45, 2.75) is 26.4 Å². The first-order valence-corrected chi connectivity index (χ1v) is 15.4. The van der Waals surface area contributed by atoms with E-state index in [9.17, 15) is 33.2 Å². The number of hydrogen-bond acceptors (Lipinski definition) is 7. The lowest BCUT2D eigenvalue weighted by Gasteiger charge is -2.36. The van der Waals surface area contributed by atoms with E-state index in [1.807, 2.05) is 59.5 Å². The number of nitrogens with one attached hydrogen (secondary N) is 2. The number of benzene rings is 3. The van der Waals surface area contributed by atoms with Gasteiger partial charge in [0.2, 0.25) is 0 Å². The van der Waals surface area contributed by atoms with Crippen molar-refractivity contribution >= 4 is 33.5 Å². The highest BCUT2D eigenvalue weighted by Crippen LogP contribution is 2.21. The van der Waals surface area contributed by atoms with Crippen LogP contribution in [0.4, 0.5) is 11.4 Å². The van der Waals surface area contributed by atoms with E-state index in [1.165, 1.54) is 22.5 Å². The first-order valence-electron chi connectivity index (χ1n) is 13.9. The van der Waals surface area contributed by atoms with E-state index in [4.69, 9.17) is 0 Å². The summed E-state index contributed by atoms with van der Waals surface area (Å²) >= 11 is 0. The molecule has 0 saturated carbocycles. The number of rotatable bonds is 10. The average Bonchev–Trinajstić information content (AvgIpc) is 3.02. The molecule has 0 aliphatic carbocycles. The molecule has 4 rings (SSSR count). The second-order valence-electron chi connectivity index (χ2n) is 10.5. The molecular formula is C31H33N5O7S. The number of nitro benzene ring substituents is 1. The van der Waals surface area contributed by atoms with Gasteiger partial charge in [-0.3, -0.25) is 19.7 Å². The number of anilines is 1. The van der Waals surface area contributed by atoms with E-state index in [2.05, 4.69) is 21.9 Å². The molecule has 0 aromatic heterocycles. The number of carboxylic acid groups (broad SMARTS) is 1. The number of nitrogens with zero attached hydrogens (tertiary/aromatic N) is 3. The topological polar surface area (TPSA) is 162 Å². The van der Waals surface area contributed by atoms with Gasteiger partial charge in [-0.05, 0) is 47.9 Å². The summed E-state index contributed by atoms with van der Waals surface area (Å²) in [4.78, 5) is 37.2. The van der Waals surface area contributed by atoms with Crippen LogP contribution in [0, 0.1) is 27.9 Å². The van der Waals surface area contributed by atoms with E-state index in [0.717, 1.165) is 11.3 Å². The predicted octanol–water partition coefficient (Wildman–Crippen LogP) is 2.99. The summed E-state index contributed by atoms with van der Waals surface area (Å²) in [6, 6.07) is 19.5. The lowest BCUT2D eigenvalue weighted by atomic mass is 10.1. The average molecular weight is 620 g/mol. The molecule has 1 amide bonds. The van der Waals surface area contributed by atoms with Crippen molar-refractivity contribution < 1.29 is 28.0 Å². The maximum absolute atomic E-state index is 12.8. The summed E-state index contributed by atoms with van der Waals surface area (Å²) in [5.74, 6) is 3.78. The Hall–Kier alpha value is -4.77. The third-order valence-electron chi connectivity index (χ3n) is 7.10. The van der Waals surface area contributed by atoms with Gasteiger partial charge in [0.25, 0.3) is 21.8 Å². The molecule has 3 aromatic rings. The van der Waals surface area contributed by atoms with Crippen molar-refractivity contribution in [1.29, 1.82) is 0 Å². The number of aliphatic carboxylic acids is 1. The van der Waals surface area contributed by atoms with Gasteiger partial charge >= 0.3 is 5.97 Å². The summed E-state index contributed by atoms with van der Waals surface area (Å²) in [5, 5.41) is 23.6. The van der Waals surface area contributed by atoms with E-state index in [0.29, 0.717) is 24.2 Å². The number of piperazine rings is 1. The van der Waals surface area contributed by atoms with Gasteiger partial charge in [-0.2, -0.15) is 17.4 Å². The molecule has 1 fully saturated rings. The summed E-state index contributed by atoms with van der Waals surface area (Å²) in [7, 11) is -3.96. The Balaban J connectivity index is 1.39. The first-order chi connectivity index (χ1) is 20.9. The molecule has 1 aliphatic heterocycles. The molecular weight excluding hydrogens is 586 g/mol. The van der Waals surface area contributed by atoms with Crippen LogP contribution in [0.1, 0.15) is 40.9 Å². The van der Waals surface area contributed by atoms with Gasteiger partial charge in [-0.1, -0.05) is 56.0 Å². The summed E-state index contributed by atoms with van der Waals surface area (Å²) < 4.78 is 29.0. The molecule has 3 N–H and O–H groups in total. The van der Waals surface area contributed by atoms with E-state index < -0.39 is 39.0 Å². The fourth-order valence-electron chi connectivity index (χ4n) is 4.62. The van der Waals surface area contributed by atoms with Crippen molar-refractivity contribution in [2.75, 3.05) is 31.1 Å². The van der Waals surface area contributed by atoms with Crippen molar-refractivity contribution in [3.63, 3.8) is 0 Å². The third-order valence-corrected chi connectivity index (χ3v) is 8.70. The molecule has 0 bridgehead atoms. The number of carboxylic acids is 1. The minimum Gasteiger partial charge on any atom is -0.480 e. The van der Waals surface area contributed by atoms with Crippen molar-refractivity contribution in [1.82, 2.24) is 14.3 Å². The van der Waals surface area contributed by atoms with Gasteiger partial charge in [0.15, 0.2) is 0 Å². The second kappa shape index (κ2) is 14.1. The molecule has 13 heteroatoms. The number of carbonyl (C=O) groups excluding carboxylic acids is 1. The highest BCUT2D eigenvalue weighted by atomic mass is 32.2. The second-order valence-corrected chi connectivity index (χ2v) is 12.2. The zero-order chi connectivity index (χ0) is 31.9. The normalized spacial score (nSPS) is 14.4. The molecule has 230 valence electrons. The largest absolute Gasteiger partial charge is 0.480 e. The molecule has 0 spiro atoms. The van der Waals surface area contributed by atoms with E-state index >= 15 is 0 Å². The van der Waals surface area contributed by atoms with Gasteiger partial charge in [0.05, 0.1) is 4.92 Å². The SMILES string of the molecule is CC(C)[C@@H](NS(=O)(=O)N1CCN(c2ccc(C#Cc3ccc([N+](=O)[O-])c(C(=O)NCc4ccccc4)c3)cc2)CC1)C(=O)O. The van der Waals surface area contributed by atoms with Crippen LogP contribution in [0.3, 0.4) is 0 Å². The lowest BCUT2D eigenvalue weighted by molar-refractivity contribution is -0.385. The smallest absolute Gasteiger partial charge is 0.322 e. The maximum Gasteiger partial charge on any atom is 0.322 e. The molecule has 0 radical (unpaired) electrons. The van der Waals surface area contributed by atoms with Crippen LogP contribution < -0.4 is 14.9 Å². The monoisotopic (exact) mass is 619 g/mol. The van der Waals surface area contributed by atoms with Gasteiger partial charge in [0.1, 0.15) is 11.6 Å². The molecule has 0 unspecified atom stereocenters. The number of carbonyl (C=O) groups is 2. The molecule has 12 nitrogen and oxygen atoms in total. The van der Waals surface area contributed by atoms with E-state index in [-0.39, 0.29) is 30.9 Å². The highest BCUT2D eigenvalue weighted by molar-refractivity contribution is 7.87. The molecule has 1 saturated heterocycles. The quantitative estimate of drug-likeness (QED) is 0.177. The Bertz CT molecular complexity index is 1680. The van der Waals surface area contributed by atoms with Crippen molar-refractivity contribution in [3.8, 4) is 11.8 Å². The van der Waals surface area contributed by atoms with Crippen molar-refractivity contribution in [3.05, 3.63) is 105 Å². The maximum atomic E-state index is 12.8. The zero-order valence-electron chi connectivity index (χ0n) is 24.3.